The van der Waals surface area contributed by atoms with Crippen LogP contribution in [0.25, 0.3) is 10.8 Å². The number of carbonyl (C=O) groups excluding carboxylic acids is 2. The van der Waals surface area contributed by atoms with E-state index < -0.39 is 12.1 Å². The topological polar surface area (TPSA) is 104 Å². The van der Waals surface area contributed by atoms with Crippen LogP contribution in [-0.2, 0) is 16.1 Å². The third-order valence-corrected chi connectivity index (χ3v) is 6.66. The van der Waals surface area contributed by atoms with Gasteiger partial charge in [-0.25, -0.2) is 9.18 Å². The number of anilines is 2. The molecular weight excluding hydrogens is 510 g/mol. The van der Waals surface area contributed by atoms with Gasteiger partial charge in [-0.15, -0.1) is 0 Å². The number of carbonyl (C=O) groups is 2. The zero-order chi connectivity index (χ0) is 28.8. The maximum absolute atomic E-state index is 14.0. The predicted molar refractivity (Wildman–Crippen MR) is 158 cm³/mol. The molecule has 3 aromatic carbocycles. The minimum absolute atomic E-state index is 0.104. The molecule has 0 saturated heterocycles. The number of fused-ring (bicyclic) bond motifs is 1. The van der Waals surface area contributed by atoms with Crippen LogP contribution in [-0.4, -0.2) is 43.8 Å². The number of hydrogen-bond donors (Lipinski definition) is 3. The average Bonchev–Trinajstić information content (AvgIpc) is 2.92. The summed E-state index contributed by atoms with van der Waals surface area (Å²) in [5.41, 5.74) is 4.10. The number of nitrogens with zero attached hydrogens (tertiary/aromatic N) is 1. The van der Waals surface area contributed by atoms with Crippen LogP contribution in [0.1, 0.15) is 41.1 Å². The van der Waals surface area contributed by atoms with Gasteiger partial charge in [0.25, 0.3) is 5.56 Å². The van der Waals surface area contributed by atoms with Gasteiger partial charge in [-0.05, 0) is 72.4 Å². The standard InChI is InChI=1S/C30H32BFN4O4/c1-18-12-21(28(16-37)34-24-6-4-20-10-11-33-29(38)26(20)14-24)5-8-25(18)19(2)17-40-30(39)35-23-7-9-27(32)22(13-23)15-36(3)31/h4-14,16,19,28,34H,15,17,31H2,1-3H3,(H,33,38)(H,35,39)/t19-,28?/m0/s1. The molecule has 4 rings (SSSR count). The van der Waals surface area contributed by atoms with E-state index in [2.05, 4.69) is 15.6 Å². The number of aryl methyl sites for hydroxylation is 1. The van der Waals surface area contributed by atoms with Gasteiger partial charge in [0, 0.05) is 41.0 Å². The number of aromatic nitrogens is 1. The first-order valence-electron chi connectivity index (χ1n) is 12.9. The molecule has 206 valence electrons. The number of rotatable bonds is 10. The molecule has 0 aliphatic rings. The molecule has 1 amide bonds. The van der Waals surface area contributed by atoms with Crippen LogP contribution >= 0.6 is 0 Å². The van der Waals surface area contributed by atoms with Crippen molar-refractivity contribution in [1.29, 1.82) is 0 Å². The lowest BCUT2D eigenvalue weighted by molar-refractivity contribution is -0.108. The van der Waals surface area contributed by atoms with Crippen molar-refractivity contribution >= 4 is 42.5 Å². The van der Waals surface area contributed by atoms with E-state index >= 15 is 0 Å². The first kappa shape index (κ1) is 28.6. The Labute approximate surface area is 233 Å². The molecule has 2 atom stereocenters. The molecule has 0 spiro atoms. The fraction of sp³-hybridized carbons (Fsp3) is 0.233. The number of aromatic amines is 1. The number of H-pyrrole nitrogens is 1. The molecule has 10 heteroatoms. The largest absolute Gasteiger partial charge is 0.449 e. The van der Waals surface area contributed by atoms with E-state index in [1.54, 1.807) is 18.3 Å². The molecular formula is C30H32BFN4O4. The molecule has 0 radical (unpaired) electrons. The van der Waals surface area contributed by atoms with E-state index in [4.69, 9.17) is 4.74 Å². The van der Waals surface area contributed by atoms with E-state index in [9.17, 15) is 18.8 Å². The molecule has 0 fully saturated rings. The van der Waals surface area contributed by atoms with Crippen molar-refractivity contribution in [3.05, 3.63) is 105 Å². The summed E-state index contributed by atoms with van der Waals surface area (Å²) in [7, 11) is 3.68. The molecule has 4 aromatic rings. The summed E-state index contributed by atoms with van der Waals surface area (Å²) in [6, 6.07) is 16.7. The molecule has 0 bridgehead atoms. The zero-order valence-corrected chi connectivity index (χ0v) is 23.0. The number of hydrogen-bond acceptors (Lipinski definition) is 6. The van der Waals surface area contributed by atoms with Crippen LogP contribution in [0.3, 0.4) is 0 Å². The minimum Gasteiger partial charge on any atom is -0.449 e. The summed E-state index contributed by atoms with van der Waals surface area (Å²) in [6.45, 7) is 4.44. The van der Waals surface area contributed by atoms with Crippen molar-refractivity contribution < 1.29 is 18.7 Å². The second-order valence-electron chi connectivity index (χ2n) is 10.2. The first-order valence-corrected chi connectivity index (χ1v) is 12.9. The second-order valence-corrected chi connectivity index (χ2v) is 10.2. The Balaban J connectivity index is 1.38. The summed E-state index contributed by atoms with van der Waals surface area (Å²) >= 11 is 0. The van der Waals surface area contributed by atoms with Crippen LogP contribution in [0.2, 0.25) is 0 Å². The van der Waals surface area contributed by atoms with Crippen molar-refractivity contribution in [2.24, 2.45) is 0 Å². The van der Waals surface area contributed by atoms with Gasteiger partial charge >= 0.3 is 6.09 Å². The highest BCUT2D eigenvalue weighted by molar-refractivity contribution is 6.04. The SMILES string of the molecule is BN(C)Cc1cc(NC(=O)OC[C@H](C)c2ccc(C(C=O)Nc3ccc4cc[nH]c(=O)c4c3)cc2C)ccc1F. The summed E-state index contributed by atoms with van der Waals surface area (Å²) in [5, 5.41) is 7.21. The lowest BCUT2D eigenvalue weighted by Crippen LogP contribution is -2.18. The Bertz CT molecular complexity index is 1590. The number of ether oxygens (including phenoxy) is 1. The van der Waals surface area contributed by atoms with Gasteiger partial charge in [-0.3, -0.25) is 10.1 Å². The zero-order valence-electron chi connectivity index (χ0n) is 23.0. The third kappa shape index (κ3) is 6.95. The molecule has 40 heavy (non-hydrogen) atoms. The molecule has 1 aromatic heterocycles. The van der Waals surface area contributed by atoms with E-state index in [0.29, 0.717) is 28.9 Å². The van der Waals surface area contributed by atoms with Crippen LogP contribution < -0.4 is 16.2 Å². The number of benzene rings is 3. The highest BCUT2D eigenvalue weighted by atomic mass is 19.1. The summed E-state index contributed by atoms with van der Waals surface area (Å²) < 4.78 is 19.5. The van der Waals surface area contributed by atoms with Gasteiger partial charge in [0.2, 0.25) is 0 Å². The van der Waals surface area contributed by atoms with Gasteiger partial charge < -0.3 is 24.6 Å². The van der Waals surface area contributed by atoms with Crippen molar-refractivity contribution in [2.75, 3.05) is 24.3 Å². The van der Waals surface area contributed by atoms with Gasteiger partial charge in [0.05, 0.1) is 6.61 Å². The molecule has 0 saturated carbocycles. The molecule has 8 nitrogen and oxygen atoms in total. The molecule has 0 aliphatic carbocycles. The monoisotopic (exact) mass is 542 g/mol. The number of halogens is 1. The van der Waals surface area contributed by atoms with Crippen molar-refractivity contribution in [3.63, 3.8) is 0 Å². The number of nitrogens with one attached hydrogen (secondary N) is 3. The van der Waals surface area contributed by atoms with Crippen molar-refractivity contribution in [2.45, 2.75) is 32.4 Å². The van der Waals surface area contributed by atoms with Gasteiger partial charge in [0.1, 0.15) is 18.1 Å². The van der Waals surface area contributed by atoms with Gasteiger partial charge in [-0.2, -0.15) is 0 Å². The predicted octanol–water partition coefficient (Wildman–Crippen LogP) is 4.66. The Hall–Kier alpha value is -4.44. The number of aldehydes is 1. The quantitative estimate of drug-likeness (QED) is 0.199. The minimum atomic E-state index is -0.622. The maximum Gasteiger partial charge on any atom is 0.411 e. The highest BCUT2D eigenvalue weighted by Gasteiger charge is 2.16. The van der Waals surface area contributed by atoms with Crippen LogP contribution in [0.15, 0.2) is 71.7 Å². The van der Waals surface area contributed by atoms with E-state index in [0.717, 1.165) is 28.4 Å². The fourth-order valence-electron chi connectivity index (χ4n) is 4.65. The maximum atomic E-state index is 14.0. The Kier molecular flexibility index (Phi) is 9.01. The van der Waals surface area contributed by atoms with Crippen molar-refractivity contribution in [1.82, 2.24) is 9.79 Å². The Morgan fingerprint density at radius 3 is 2.62 bits per heavy atom. The van der Waals surface area contributed by atoms with Crippen LogP contribution in [0, 0.1) is 12.7 Å². The van der Waals surface area contributed by atoms with Crippen molar-refractivity contribution in [3.8, 4) is 0 Å². The van der Waals surface area contributed by atoms with E-state index in [-0.39, 0.29) is 23.9 Å². The molecule has 3 N–H and O–H groups in total. The molecule has 1 heterocycles. The highest BCUT2D eigenvalue weighted by Crippen LogP contribution is 2.26. The molecule has 1 unspecified atom stereocenters. The summed E-state index contributed by atoms with van der Waals surface area (Å²) in [4.78, 5) is 41.0. The van der Waals surface area contributed by atoms with Gasteiger partial charge in [0.15, 0.2) is 7.98 Å². The lowest BCUT2D eigenvalue weighted by Gasteiger charge is -2.19. The van der Waals surface area contributed by atoms with E-state index in [1.165, 1.54) is 12.1 Å². The Morgan fingerprint density at radius 2 is 1.90 bits per heavy atom. The van der Waals surface area contributed by atoms with Crippen LogP contribution in [0.5, 0.6) is 0 Å². The third-order valence-electron chi connectivity index (χ3n) is 6.66. The normalized spacial score (nSPS) is 12.6. The number of pyridine rings is 1. The summed E-state index contributed by atoms with van der Waals surface area (Å²) in [5.74, 6) is -0.438. The summed E-state index contributed by atoms with van der Waals surface area (Å²) in [6.07, 6.45) is 1.80. The first-order chi connectivity index (χ1) is 19.1. The average molecular weight is 542 g/mol. The van der Waals surface area contributed by atoms with Gasteiger partial charge in [-0.1, -0.05) is 31.2 Å². The second kappa shape index (κ2) is 12.6. The lowest BCUT2D eigenvalue weighted by atomic mass is 9.93. The number of amides is 1. The van der Waals surface area contributed by atoms with E-state index in [1.807, 2.05) is 70.1 Å². The Morgan fingerprint density at radius 1 is 1.12 bits per heavy atom. The smallest absolute Gasteiger partial charge is 0.411 e. The molecule has 0 aliphatic heterocycles. The fourth-order valence-corrected chi connectivity index (χ4v) is 4.65. The van der Waals surface area contributed by atoms with Crippen LogP contribution in [0.4, 0.5) is 20.6 Å².